The molecule has 1 aromatic carbocycles. The van der Waals surface area contributed by atoms with Gasteiger partial charge in [-0.25, -0.2) is 4.79 Å². The minimum atomic E-state index is -0.134. The van der Waals surface area contributed by atoms with Crippen LogP contribution in [0.2, 0.25) is 5.02 Å². The van der Waals surface area contributed by atoms with E-state index in [9.17, 15) is 9.59 Å². The fourth-order valence-corrected chi connectivity index (χ4v) is 5.67. The van der Waals surface area contributed by atoms with Crippen molar-refractivity contribution in [1.29, 1.82) is 0 Å². The van der Waals surface area contributed by atoms with Crippen molar-refractivity contribution in [2.24, 2.45) is 5.41 Å². The number of aromatic nitrogens is 2. The number of carbonyl (C=O) groups excluding carboxylic acids is 2. The first-order chi connectivity index (χ1) is 16.8. The van der Waals surface area contributed by atoms with Gasteiger partial charge in [0.25, 0.3) is 0 Å². The molecule has 3 fully saturated rings. The fraction of sp³-hybridized carbons (Fsp3) is 0.560. The van der Waals surface area contributed by atoms with Crippen LogP contribution >= 0.6 is 11.6 Å². The minimum Gasteiger partial charge on any atom is -0.378 e. The van der Waals surface area contributed by atoms with E-state index in [1.807, 2.05) is 4.90 Å². The molecule has 2 aromatic rings. The molecule has 0 N–H and O–H groups in total. The van der Waals surface area contributed by atoms with Crippen LogP contribution < -0.4 is 9.80 Å². The van der Waals surface area contributed by atoms with E-state index in [0.29, 0.717) is 5.69 Å². The van der Waals surface area contributed by atoms with E-state index in [-0.39, 0.29) is 17.4 Å². The lowest BCUT2D eigenvalue weighted by atomic mass is 9.86. The Labute approximate surface area is 211 Å². The van der Waals surface area contributed by atoms with Crippen molar-refractivity contribution in [3.8, 4) is 0 Å². The van der Waals surface area contributed by atoms with E-state index in [2.05, 4.69) is 33.1 Å². The highest BCUT2D eigenvalue weighted by atomic mass is 35.5. The number of benzene rings is 1. The van der Waals surface area contributed by atoms with Crippen LogP contribution in [0.25, 0.3) is 0 Å². The molecule has 3 aliphatic heterocycles. The van der Waals surface area contributed by atoms with Gasteiger partial charge < -0.3 is 19.4 Å². The van der Waals surface area contributed by atoms with E-state index in [1.54, 1.807) is 19.4 Å². The maximum atomic E-state index is 13.1. The molecule has 0 aliphatic carbocycles. The van der Waals surface area contributed by atoms with Gasteiger partial charge in [0.1, 0.15) is 0 Å². The lowest BCUT2D eigenvalue weighted by Gasteiger charge is -2.29. The number of anilines is 2. The Hall–Kier alpha value is -2.62. The first kappa shape index (κ1) is 24.1. The van der Waals surface area contributed by atoms with Crippen LogP contribution in [0.1, 0.15) is 25.3 Å². The number of rotatable bonds is 4. The Balaban J connectivity index is 1.18. The number of halogens is 1. The predicted octanol–water partition coefficient (Wildman–Crippen LogP) is 2.92. The molecule has 0 saturated carbocycles. The van der Waals surface area contributed by atoms with Crippen molar-refractivity contribution in [2.45, 2.75) is 26.3 Å². The smallest absolute Gasteiger partial charge is 0.344 e. The molecule has 2 amide bonds. The van der Waals surface area contributed by atoms with Gasteiger partial charge in [0.05, 0.1) is 31.3 Å². The Bertz CT molecular complexity index is 1100. The quantitative estimate of drug-likeness (QED) is 0.642. The average molecular weight is 501 g/mol. The average Bonchev–Trinajstić information content (AvgIpc) is 3.61. The van der Waals surface area contributed by atoms with E-state index in [1.165, 1.54) is 16.5 Å². The van der Waals surface area contributed by atoms with E-state index >= 15 is 0 Å². The molecule has 35 heavy (non-hydrogen) atoms. The van der Waals surface area contributed by atoms with Gasteiger partial charge in [0, 0.05) is 69.4 Å². The summed E-state index contributed by atoms with van der Waals surface area (Å²) in [5.41, 5.74) is 3.02. The van der Waals surface area contributed by atoms with Crippen molar-refractivity contribution < 1.29 is 14.3 Å². The molecule has 1 aromatic heterocycles. The van der Waals surface area contributed by atoms with Crippen LogP contribution in [0.15, 0.2) is 30.6 Å². The largest absolute Gasteiger partial charge is 0.378 e. The van der Waals surface area contributed by atoms with Gasteiger partial charge in [-0.3, -0.25) is 9.69 Å². The van der Waals surface area contributed by atoms with Gasteiger partial charge in [-0.05, 0) is 37.1 Å². The number of carbonyl (C=O) groups is 2. The summed E-state index contributed by atoms with van der Waals surface area (Å²) in [4.78, 5) is 32.8. The first-order valence-corrected chi connectivity index (χ1v) is 12.6. The third-order valence-corrected chi connectivity index (χ3v) is 8.01. The second-order valence-corrected chi connectivity index (χ2v) is 10.4. The summed E-state index contributed by atoms with van der Waals surface area (Å²) < 4.78 is 6.79. The molecule has 3 aliphatic rings. The number of hydrogen-bond donors (Lipinski definition) is 0. The molecule has 1 spiro atoms. The molecule has 188 valence electrons. The van der Waals surface area contributed by atoms with Crippen molar-refractivity contribution in [3.63, 3.8) is 0 Å². The van der Waals surface area contributed by atoms with Crippen LogP contribution in [-0.4, -0.2) is 91.0 Å². The summed E-state index contributed by atoms with van der Waals surface area (Å²) in [5.74, 6) is -0.0981. The van der Waals surface area contributed by atoms with E-state index < -0.39 is 0 Å². The number of ether oxygens (including phenoxy) is 1. The molecule has 4 heterocycles. The minimum absolute atomic E-state index is 0.0981. The Morgan fingerprint density at radius 3 is 2.66 bits per heavy atom. The second-order valence-electron chi connectivity index (χ2n) is 10.0. The number of morpholine rings is 1. The van der Waals surface area contributed by atoms with Crippen molar-refractivity contribution in [1.82, 2.24) is 19.6 Å². The summed E-state index contributed by atoms with van der Waals surface area (Å²) >= 11 is 6.68. The standard InChI is InChI=1S/C25H33ClN6O3/c1-19(33)28(2)22-14-27-32(16-22)24(34)31-8-6-25(18-31)5-7-29(17-25)15-20-3-4-21(13-23(20)26)30-9-11-35-12-10-30/h3-4,13-14,16H,5-12,15,17-18H2,1-2H3. The maximum absolute atomic E-state index is 13.1. The highest BCUT2D eigenvalue weighted by molar-refractivity contribution is 6.31. The van der Waals surface area contributed by atoms with Gasteiger partial charge in [-0.1, -0.05) is 17.7 Å². The van der Waals surface area contributed by atoms with Gasteiger partial charge >= 0.3 is 6.03 Å². The number of nitrogens with zero attached hydrogens (tertiary/aromatic N) is 6. The SMILES string of the molecule is CC(=O)N(C)c1cnn(C(=O)N2CCC3(CCN(Cc4ccc(N5CCOCC5)cc4Cl)C3)C2)c1. The number of amides is 2. The predicted molar refractivity (Wildman–Crippen MR) is 135 cm³/mol. The zero-order valence-electron chi connectivity index (χ0n) is 20.5. The lowest BCUT2D eigenvalue weighted by Crippen LogP contribution is -2.36. The topological polar surface area (TPSA) is 74.2 Å². The normalized spacial score (nSPS) is 22.8. The third-order valence-electron chi connectivity index (χ3n) is 7.66. The molecule has 1 atom stereocenters. The van der Waals surface area contributed by atoms with Crippen LogP contribution in [0.4, 0.5) is 16.2 Å². The summed E-state index contributed by atoms with van der Waals surface area (Å²) in [6, 6.07) is 6.25. The van der Waals surface area contributed by atoms with Gasteiger partial charge in [0.15, 0.2) is 0 Å². The van der Waals surface area contributed by atoms with Crippen molar-refractivity contribution in [3.05, 3.63) is 41.2 Å². The van der Waals surface area contributed by atoms with Crippen LogP contribution in [-0.2, 0) is 16.1 Å². The van der Waals surface area contributed by atoms with Crippen molar-refractivity contribution >= 4 is 34.9 Å². The van der Waals surface area contributed by atoms with E-state index in [4.69, 9.17) is 16.3 Å². The Kier molecular flexibility index (Phi) is 6.74. The number of likely N-dealkylation sites (tertiary alicyclic amines) is 2. The molecule has 0 bridgehead atoms. The molecular formula is C25H33ClN6O3. The van der Waals surface area contributed by atoms with Gasteiger partial charge in [-0.15, -0.1) is 0 Å². The summed E-state index contributed by atoms with van der Waals surface area (Å²) in [6.07, 6.45) is 5.23. The summed E-state index contributed by atoms with van der Waals surface area (Å²) in [6.45, 7) is 9.01. The highest BCUT2D eigenvalue weighted by Gasteiger charge is 2.45. The molecule has 1 unspecified atom stereocenters. The molecule has 5 rings (SSSR count). The monoisotopic (exact) mass is 500 g/mol. The fourth-order valence-electron chi connectivity index (χ4n) is 5.44. The zero-order chi connectivity index (χ0) is 24.6. The molecule has 9 nitrogen and oxygen atoms in total. The van der Waals surface area contributed by atoms with Gasteiger partial charge in [-0.2, -0.15) is 9.78 Å². The van der Waals surface area contributed by atoms with Gasteiger partial charge in [0.2, 0.25) is 5.91 Å². The summed E-state index contributed by atoms with van der Waals surface area (Å²) in [5, 5.41) is 5.01. The van der Waals surface area contributed by atoms with E-state index in [0.717, 1.165) is 88.1 Å². The summed E-state index contributed by atoms with van der Waals surface area (Å²) in [7, 11) is 1.68. The molecule has 0 radical (unpaired) electrons. The molecule has 3 saturated heterocycles. The molecular weight excluding hydrogens is 468 g/mol. The first-order valence-electron chi connectivity index (χ1n) is 12.3. The highest BCUT2D eigenvalue weighted by Crippen LogP contribution is 2.40. The molecule has 10 heteroatoms. The van der Waals surface area contributed by atoms with Crippen LogP contribution in [0.3, 0.4) is 0 Å². The van der Waals surface area contributed by atoms with Crippen molar-refractivity contribution in [2.75, 3.05) is 69.3 Å². The zero-order valence-corrected chi connectivity index (χ0v) is 21.2. The maximum Gasteiger partial charge on any atom is 0.344 e. The van der Waals surface area contributed by atoms with Crippen LogP contribution in [0.5, 0.6) is 0 Å². The lowest BCUT2D eigenvalue weighted by molar-refractivity contribution is -0.116. The Morgan fingerprint density at radius 1 is 1.14 bits per heavy atom. The third kappa shape index (κ3) is 5.03. The second kappa shape index (κ2) is 9.79. The van der Waals surface area contributed by atoms with Crippen LogP contribution in [0, 0.1) is 5.41 Å². The number of hydrogen-bond acceptors (Lipinski definition) is 6. The Morgan fingerprint density at radius 2 is 1.91 bits per heavy atom.